The highest BCUT2D eigenvalue weighted by Gasteiger charge is 2.37. The highest BCUT2D eigenvalue weighted by molar-refractivity contribution is 6.32. The van der Waals surface area contributed by atoms with Gasteiger partial charge >= 0.3 is 0 Å². The first-order valence-electron chi connectivity index (χ1n) is 10.6. The summed E-state index contributed by atoms with van der Waals surface area (Å²) in [7, 11) is 0. The van der Waals surface area contributed by atoms with E-state index in [0.29, 0.717) is 5.92 Å². The number of nitrogens with zero attached hydrogens (tertiary/aromatic N) is 3. The van der Waals surface area contributed by atoms with Gasteiger partial charge in [0.25, 0.3) is 0 Å². The van der Waals surface area contributed by atoms with Crippen molar-refractivity contribution in [2.45, 2.75) is 39.7 Å². The Hall–Kier alpha value is -2.59. The van der Waals surface area contributed by atoms with Crippen LogP contribution in [0.5, 0.6) is 0 Å². The van der Waals surface area contributed by atoms with E-state index in [9.17, 15) is 0 Å². The third kappa shape index (κ3) is 3.33. The van der Waals surface area contributed by atoms with Gasteiger partial charge in [-0.15, -0.1) is 0 Å². The first-order chi connectivity index (χ1) is 14.5. The smallest absolute Gasteiger partial charge is 0.130 e. The van der Waals surface area contributed by atoms with Crippen LogP contribution in [-0.2, 0) is 0 Å². The Labute approximate surface area is 182 Å². The number of likely N-dealkylation sites (tertiary alicyclic amines) is 1. The van der Waals surface area contributed by atoms with Gasteiger partial charge in [0.05, 0.1) is 22.8 Å². The van der Waals surface area contributed by atoms with Crippen LogP contribution < -0.4 is 0 Å². The molecule has 3 aromatic rings. The van der Waals surface area contributed by atoms with E-state index in [1.807, 2.05) is 25.3 Å². The lowest BCUT2D eigenvalue weighted by Gasteiger charge is -2.32. The number of rotatable bonds is 3. The van der Waals surface area contributed by atoms with E-state index >= 15 is 0 Å². The molecular weight excluding hydrogens is 392 g/mol. The number of fused-ring (bicyclic) bond motifs is 1. The minimum absolute atomic E-state index is 0.195. The fourth-order valence-corrected chi connectivity index (χ4v) is 4.82. The average molecular weight is 418 g/mol. The summed E-state index contributed by atoms with van der Waals surface area (Å²) in [5.41, 5.74) is 7.91. The van der Waals surface area contributed by atoms with Crippen molar-refractivity contribution < 1.29 is 0 Å². The normalized spacial score (nSPS) is 22.1. The van der Waals surface area contributed by atoms with Crippen LogP contribution in [0.25, 0.3) is 16.6 Å². The summed E-state index contributed by atoms with van der Waals surface area (Å²) in [5.74, 6) is 1.51. The lowest BCUT2D eigenvalue weighted by atomic mass is 9.92. The molecule has 1 saturated heterocycles. The quantitative estimate of drug-likeness (QED) is 0.546. The molecule has 5 rings (SSSR count). The van der Waals surface area contributed by atoms with Crippen molar-refractivity contribution in [1.82, 2.24) is 19.9 Å². The van der Waals surface area contributed by atoms with Crippen molar-refractivity contribution in [2.75, 3.05) is 6.54 Å². The van der Waals surface area contributed by atoms with Crippen molar-refractivity contribution in [1.29, 1.82) is 0 Å². The first kappa shape index (κ1) is 19.4. The molecule has 1 fully saturated rings. The van der Waals surface area contributed by atoms with Crippen molar-refractivity contribution in [3.05, 3.63) is 82.4 Å². The maximum Gasteiger partial charge on any atom is 0.130 e. The molecule has 2 aliphatic rings. The predicted molar refractivity (Wildman–Crippen MR) is 123 cm³/mol. The lowest BCUT2D eigenvalue weighted by Crippen LogP contribution is -2.27. The zero-order chi connectivity index (χ0) is 20.8. The summed E-state index contributed by atoms with van der Waals surface area (Å²) < 4.78 is 0. The molecule has 0 bridgehead atoms. The molecule has 2 atom stereocenters. The molecule has 1 aliphatic carbocycles. The van der Waals surface area contributed by atoms with Crippen molar-refractivity contribution in [3.8, 4) is 0 Å². The number of aromatic amines is 1. The van der Waals surface area contributed by atoms with E-state index in [1.54, 1.807) is 0 Å². The van der Waals surface area contributed by atoms with Gasteiger partial charge in [-0.05, 0) is 74.9 Å². The fourth-order valence-electron chi connectivity index (χ4n) is 4.67. The maximum absolute atomic E-state index is 6.35. The molecule has 1 radical (unpaired) electrons. The van der Waals surface area contributed by atoms with Gasteiger partial charge in [-0.25, -0.2) is 4.98 Å². The van der Waals surface area contributed by atoms with Crippen molar-refractivity contribution >= 4 is 28.2 Å². The molecule has 3 heterocycles. The van der Waals surface area contributed by atoms with Crippen LogP contribution in [0, 0.1) is 19.3 Å². The highest BCUT2D eigenvalue weighted by Crippen LogP contribution is 2.43. The Bertz CT molecular complexity index is 1120. The van der Waals surface area contributed by atoms with Crippen LogP contribution in [0.4, 0.5) is 0 Å². The summed E-state index contributed by atoms with van der Waals surface area (Å²) in [6.07, 6.45) is 8.61. The van der Waals surface area contributed by atoms with Crippen LogP contribution >= 0.6 is 11.6 Å². The standard InChI is InChI=1S/C25H26ClN4/c1-15-7-8-18(20-6-4-5-10-27-20)23(12-15)30-11-9-16(2)24(30)25-28-21-13-17(3)19(26)14-22(21)29-25/h4-6,8,10,12-14,16,24H,7,9,11H2,1-3H3,(H,28,29)/t16-,24-/m0/s1. The number of imidazole rings is 1. The van der Waals surface area contributed by atoms with Gasteiger partial charge in [-0.3, -0.25) is 4.98 Å². The van der Waals surface area contributed by atoms with Crippen LogP contribution in [-0.4, -0.2) is 26.4 Å². The molecule has 1 N–H and O–H groups in total. The van der Waals surface area contributed by atoms with E-state index in [2.05, 4.69) is 59.4 Å². The molecule has 5 heteroatoms. The maximum atomic E-state index is 6.35. The number of nitrogens with one attached hydrogen (secondary N) is 1. The molecule has 1 aromatic carbocycles. The SMILES string of the molecule is CC1=CC(N2CC[C@H](C)[C@H]2c2nc3cc(Cl)c(C)cc3[nH]2)=C(c2ccccn2)[CH]C1. The molecule has 4 nitrogen and oxygen atoms in total. The highest BCUT2D eigenvalue weighted by atomic mass is 35.5. The number of aromatic nitrogens is 3. The number of hydrogen-bond donors (Lipinski definition) is 1. The van der Waals surface area contributed by atoms with E-state index in [0.717, 1.165) is 52.5 Å². The van der Waals surface area contributed by atoms with Crippen molar-refractivity contribution in [3.63, 3.8) is 0 Å². The Morgan fingerprint density at radius 1 is 1.20 bits per heavy atom. The first-order valence-corrected chi connectivity index (χ1v) is 11.0. The van der Waals surface area contributed by atoms with Gasteiger partial charge in [0.15, 0.2) is 0 Å². The molecule has 2 aromatic heterocycles. The zero-order valence-corrected chi connectivity index (χ0v) is 18.4. The molecule has 0 spiro atoms. The number of hydrogen-bond acceptors (Lipinski definition) is 3. The molecule has 0 unspecified atom stereocenters. The van der Waals surface area contributed by atoms with Gasteiger partial charge in [0.1, 0.15) is 5.82 Å². The summed E-state index contributed by atoms with van der Waals surface area (Å²) in [4.78, 5) is 15.7. The topological polar surface area (TPSA) is 44.8 Å². The second-order valence-corrected chi connectivity index (χ2v) is 8.96. The fraction of sp³-hybridized carbons (Fsp3) is 0.320. The number of halogens is 1. The summed E-state index contributed by atoms with van der Waals surface area (Å²) in [5, 5.41) is 0.762. The van der Waals surface area contributed by atoms with Crippen molar-refractivity contribution in [2.24, 2.45) is 5.92 Å². The number of allylic oxidation sites excluding steroid dienone is 3. The van der Waals surface area contributed by atoms with Crippen LogP contribution in [0.3, 0.4) is 0 Å². The molecule has 1 aliphatic heterocycles. The zero-order valence-electron chi connectivity index (χ0n) is 17.6. The number of pyridine rings is 1. The monoisotopic (exact) mass is 417 g/mol. The van der Waals surface area contributed by atoms with Crippen LogP contribution in [0.1, 0.15) is 49.8 Å². The molecule has 0 amide bonds. The number of aryl methyl sites for hydroxylation is 1. The predicted octanol–water partition coefficient (Wildman–Crippen LogP) is 6.27. The minimum Gasteiger partial charge on any atom is -0.361 e. The summed E-state index contributed by atoms with van der Waals surface area (Å²) in [6, 6.07) is 10.4. The van der Waals surface area contributed by atoms with E-state index in [-0.39, 0.29) is 6.04 Å². The minimum atomic E-state index is 0.195. The van der Waals surface area contributed by atoms with Crippen LogP contribution in [0.15, 0.2) is 53.9 Å². The average Bonchev–Trinajstić information content (AvgIpc) is 3.31. The van der Waals surface area contributed by atoms with E-state index < -0.39 is 0 Å². The molecule has 0 saturated carbocycles. The molecule has 153 valence electrons. The lowest BCUT2D eigenvalue weighted by molar-refractivity contribution is 0.292. The van der Waals surface area contributed by atoms with Gasteiger partial charge < -0.3 is 9.88 Å². The van der Waals surface area contributed by atoms with Gasteiger partial charge in [0.2, 0.25) is 0 Å². The third-order valence-electron chi connectivity index (χ3n) is 6.30. The molecular formula is C25H26ClN4. The Morgan fingerprint density at radius 3 is 2.87 bits per heavy atom. The summed E-state index contributed by atoms with van der Waals surface area (Å²) >= 11 is 6.35. The molecule has 30 heavy (non-hydrogen) atoms. The van der Waals surface area contributed by atoms with Gasteiger partial charge in [-0.1, -0.05) is 30.2 Å². The second kappa shape index (κ2) is 7.59. The Morgan fingerprint density at radius 2 is 2.07 bits per heavy atom. The van der Waals surface area contributed by atoms with Gasteiger partial charge in [0, 0.05) is 29.0 Å². The van der Waals surface area contributed by atoms with E-state index in [1.165, 1.54) is 16.8 Å². The Balaban J connectivity index is 1.61. The largest absolute Gasteiger partial charge is 0.361 e. The second-order valence-electron chi connectivity index (χ2n) is 8.56. The third-order valence-corrected chi connectivity index (χ3v) is 6.71. The number of benzene rings is 1. The van der Waals surface area contributed by atoms with Crippen LogP contribution in [0.2, 0.25) is 5.02 Å². The van der Waals surface area contributed by atoms with Gasteiger partial charge in [-0.2, -0.15) is 0 Å². The Kier molecular flexibility index (Phi) is 4.90. The van der Waals surface area contributed by atoms with E-state index in [4.69, 9.17) is 16.6 Å². The summed E-state index contributed by atoms with van der Waals surface area (Å²) in [6.45, 7) is 7.56. The number of H-pyrrole nitrogens is 1.